The Labute approximate surface area is 193 Å². The van der Waals surface area contributed by atoms with E-state index in [4.69, 9.17) is 14.2 Å². The van der Waals surface area contributed by atoms with E-state index in [2.05, 4.69) is 33.1 Å². The van der Waals surface area contributed by atoms with Crippen molar-refractivity contribution in [3.63, 3.8) is 0 Å². The second-order valence-corrected chi connectivity index (χ2v) is 7.37. The van der Waals surface area contributed by atoms with Crippen molar-refractivity contribution in [2.24, 2.45) is 5.10 Å². The fraction of sp³-hybridized carbons (Fsp3) is 0.0870. The lowest BCUT2D eigenvalue weighted by molar-refractivity contribution is 0.0734. The number of halogens is 1. The van der Waals surface area contributed by atoms with Crippen LogP contribution in [0.25, 0.3) is 0 Å². The Kier molecular flexibility index (Phi) is 7.60. The average Bonchev–Trinajstić information content (AvgIpc) is 2.79. The Balaban J connectivity index is 1.60. The third kappa shape index (κ3) is 5.82. The number of carbonyl (C=O) groups is 2. The number of hydrogen-bond acceptors (Lipinski definition) is 6. The summed E-state index contributed by atoms with van der Waals surface area (Å²) in [4.78, 5) is 24.5. The predicted octanol–water partition coefficient (Wildman–Crippen LogP) is 4.29. The first-order chi connectivity index (χ1) is 15.0. The lowest BCUT2D eigenvalue weighted by Gasteiger charge is -2.09. The third-order valence-corrected chi connectivity index (χ3v) is 5.15. The van der Waals surface area contributed by atoms with Crippen molar-refractivity contribution >= 4 is 40.7 Å². The Morgan fingerprint density at radius 3 is 2.32 bits per heavy atom. The molecule has 0 bridgehead atoms. The fourth-order valence-corrected chi connectivity index (χ4v) is 3.25. The Morgan fingerprint density at radius 2 is 1.65 bits per heavy atom. The summed E-state index contributed by atoms with van der Waals surface area (Å²) in [6, 6.07) is 18.8. The number of ether oxygens (including phenoxy) is 3. The van der Waals surface area contributed by atoms with Gasteiger partial charge < -0.3 is 14.2 Å². The van der Waals surface area contributed by atoms with E-state index in [0.717, 1.165) is 9.13 Å². The Hall–Kier alpha value is -3.40. The van der Waals surface area contributed by atoms with Crippen molar-refractivity contribution in [3.05, 3.63) is 87.0 Å². The summed E-state index contributed by atoms with van der Waals surface area (Å²) in [6.45, 7) is 0. The van der Waals surface area contributed by atoms with Crippen LogP contribution in [0.5, 0.6) is 17.2 Å². The highest BCUT2D eigenvalue weighted by atomic mass is 127. The van der Waals surface area contributed by atoms with Crippen molar-refractivity contribution in [1.29, 1.82) is 0 Å². The summed E-state index contributed by atoms with van der Waals surface area (Å²) in [5, 5.41) is 3.97. The van der Waals surface area contributed by atoms with Crippen molar-refractivity contribution in [3.8, 4) is 17.2 Å². The molecule has 0 radical (unpaired) electrons. The molecule has 0 spiro atoms. The molecule has 158 valence electrons. The highest BCUT2D eigenvalue weighted by Gasteiger charge is 2.13. The van der Waals surface area contributed by atoms with Crippen LogP contribution in [0.3, 0.4) is 0 Å². The molecule has 0 saturated heterocycles. The summed E-state index contributed by atoms with van der Waals surface area (Å²) < 4.78 is 16.6. The fourth-order valence-electron chi connectivity index (χ4n) is 2.62. The van der Waals surface area contributed by atoms with Crippen molar-refractivity contribution < 1.29 is 23.8 Å². The van der Waals surface area contributed by atoms with Gasteiger partial charge in [-0.1, -0.05) is 12.1 Å². The maximum absolute atomic E-state index is 12.4. The first-order valence-corrected chi connectivity index (χ1v) is 10.2. The predicted molar refractivity (Wildman–Crippen MR) is 125 cm³/mol. The molecule has 0 aliphatic carbocycles. The molecule has 0 saturated carbocycles. The molecule has 0 fully saturated rings. The van der Waals surface area contributed by atoms with Crippen LogP contribution in [0, 0.1) is 3.57 Å². The van der Waals surface area contributed by atoms with Crippen LogP contribution >= 0.6 is 22.6 Å². The van der Waals surface area contributed by atoms with E-state index in [9.17, 15) is 9.59 Å². The van der Waals surface area contributed by atoms with Gasteiger partial charge in [-0.2, -0.15) is 5.10 Å². The van der Waals surface area contributed by atoms with Crippen molar-refractivity contribution in [1.82, 2.24) is 5.43 Å². The molecule has 0 aromatic heterocycles. The smallest absolute Gasteiger partial charge is 0.343 e. The molecule has 1 N–H and O–H groups in total. The number of nitrogens with one attached hydrogen (secondary N) is 1. The molecule has 0 heterocycles. The molecule has 7 nitrogen and oxygen atoms in total. The van der Waals surface area contributed by atoms with E-state index >= 15 is 0 Å². The molecule has 0 unspecified atom stereocenters. The first kappa shape index (κ1) is 22.3. The van der Waals surface area contributed by atoms with Gasteiger partial charge in [-0.25, -0.2) is 10.2 Å². The van der Waals surface area contributed by atoms with Crippen LogP contribution in [0.1, 0.15) is 26.3 Å². The Bertz CT molecular complexity index is 1110. The number of esters is 1. The van der Waals surface area contributed by atoms with Crippen molar-refractivity contribution in [2.45, 2.75) is 0 Å². The van der Waals surface area contributed by atoms with E-state index in [0.29, 0.717) is 28.4 Å². The molecule has 1 amide bonds. The average molecular weight is 530 g/mol. The highest BCUT2D eigenvalue weighted by molar-refractivity contribution is 14.1. The minimum atomic E-state index is -0.521. The lowest BCUT2D eigenvalue weighted by atomic mass is 10.2. The quantitative estimate of drug-likeness (QED) is 0.162. The highest BCUT2D eigenvalue weighted by Crippen LogP contribution is 2.28. The van der Waals surface area contributed by atoms with Gasteiger partial charge >= 0.3 is 5.97 Å². The standard InChI is InChI=1S/C23H19IN2O5/c1-29-20-12-9-16(13-21(20)30-2)23(28)31-17-10-7-15(8-11-17)14-25-26-22(27)18-5-3-4-6-19(18)24/h3-14H,1-2H3,(H,26,27)/b25-14+. The number of hydrogen-bond donors (Lipinski definition) is 1. The summed E-state index contributed by atoms with van der Waals surface area (Å²) in [6.07, 6.45) is 1.51. The maximum atomic E-state index is 12.4. The second kappa shape index (κ2) is 10.6. The number of carbonyl (C=O) groups excluding carboxylic acids is 2. The van der Waals surface area contributed by atoms with E-state index in [1.807, 2.05) is 12.1 Å². The van der Waals surface area contributed by atoms with Crippen LogP contribution < -0.4 is 19.6 Å². The van der Waals surface area contributed by atoms with Crippen LogP contribution in [0.2, 0.25) is 0 Å². The molecule has 3 aromatic rings. The minimum Gasteiger partial charge on any atom is -0.493 e. The number of methoxy groups -OCH3 is 2. The number of nitrogens with zero attached hydrogens (tertiary/aromatic N) is 1. The van der Waals surface area contributed by atoms with Crippen LogP contribution in [0.15, 0.2) is 71.8 Å². The van der Waals surface area contributed by atoms with Gasteiger partial charge in [0.15, 0.2) is 11.5 Å². The summed E-state index contributed by atoms with van der Waals surface area (Å²) in [5.41, 5.74) is 4.11. The van der Waals surface area contributed by atoms with Gasteiger partial charge in [-0.3, -0.25) is 4.79 Å². The maximum Gasteiger partial charge on any atom is 0.343 e. The van der Waals surface area contributed by atoms with Gasteiger partial charge in [0.05, 0.1) is 31.6 Å². The van der Waals surface area contributed by atoms with Crippen LogP contribution in [-0.2, 0) is 0 Å². The van der Waals surface area contributed by atoms with Crippen molar-refractivity contribution in [2.75, 3.05) is 14.2 Å². The number of hydrazone groups is 1. The molecule has 0 aliphatic rings. The first-order valence-electron chi connectivity index (χ1n) is 9.14. The number of rotatable bonds is 7. The molecule has 31 heavy (non-hydrogen) atoms. The molecular weight excluding hydrogens is 511 g/mol. The van der Waals surface area contributed by atoms with Gasteiger partial charge in [0, 0.05) is 3.57 Å². The van der Waals surface area contributed by atoms with E-state index in [1.54, 1.807) is 54.6 Å². The molecule has 8 heteroatoms. The van der Waals surface area contributed by atoms with E-state index < -0.39 is 5.97 Å². The summed E-state index contributed by atoms with van der Waals surface area (Å²) in [7, 11) is 3.02. The zero-order valence-corrected chi connectivity index (χ0v) is 19.0. The SMILES string of the molecule is COc1ccc(C(=O)Oc2ccc(/C=N/NC(=O)c3ccccc3I)cc2)cc1OC. The molecule has 3 rings (SSSR count). The van der Waals surface area contributed by atoms with Crippen LogP contribution in [-0.4, -0.2) is 32.3 Å². The zero-order chi connectivity index (χ0) is 22.2. The topological polar surface area (TPSA) is 86.2 Å². The largest absolute Gasteiger partial charge is 0.493 e. The monoisotopic (exact) mass is 530 g/mol. The lowest BCUT2D eigenvalue weighted by Crippen LogP contribution is -2.18. The van der Waals surface area contributed by atoms with Gasteiger partial charge in [0.2, 0.25) is 0 Å². The van der Waals surface area contributed by atoms with Gasteiger partial charge in [0.1, 0.15) is 5.75 Å². The third-order valence-electron chi connectivity index (χ3n) is 4.21. The number of amides is 1. The Morgan fingerprint density at radius 1 is 0.935 bits per heavy atom. The van der Waals surface area contributed by atoms with Gasteiger partial charge in [-0.15, -0.1) is 0 Å². The molecule has 0 atom stereocenters. The minimum absolute atomic E-state index is 0.290. The second-order valence-electron chi connectivity index (χ2n) is 6.21. The van der Waals surface area contributed by atoms with Crippen LogP contribution in [0.4, 0.5) is 0 Å². The van der Waals surface area contributed by atoms with Gasteiger partial charge in [-0.05, 0) is 82.8 Å². The molecule has 3 aromatic carbocycles. The molecule has 0 aliphatic heterocycles. The normalized spacial score (nSPS) is 10.5. The molecular formula is C23H19IN2O5. The van der Waals surface area contributed by atoms with Gasteiger partial charge in [0.25, 0.3) is 5.91 Å². The van der Waals surface area contributed by atoms with E-state index in [1.165, 1.54) is 20.4 Å². The summed E-state index contributed by atoms with van der Waals surface area (Å²) in [5.74, 6) is 0.529. The number of benzene rings is 3. The van der Waals surface area contributed by atoms with E-state index in [-0.39, 0.29) is 5.91 Å². The summed E-state index contributed by atoms with van der Waals surface area (Å²) >= 11 is 2.10. The zero-order valence-electron chi connectivity index (χ0n) is 16.8.